The van der Waals surface area contributed by atoms with Crippen molar-refractivity contribution >= 4 is 11.9 Å². The maximum atomic E-state index is 12.2. The molecule has 0 aliphatic carbocycles. The smallest absolute Gasteiger partial charge is 0.310 e. The summed E-state index contributed by atoms with van der Waals surface area (Å²) in [6.45, 7) is 4.06. The van der Waals surface area contributed by atoms with Crippen LogP contribution in [0, 0.1) is 11.3 Å². The zero-order valence-electron chi connectivity index (χ0n) is 15.5. The van der Waals surface area contributed by atoms with E-state index in [1.54, 1.807) is 0 Å². The predicted octanol–water partition coefficient (Wildman–Crippen LogP) is 5.16. The molecule has 0 heterocycles. The number of benzene rings is 1. The second-order valence-corrected chi connectivity index (χ2v) is 6.97. The van der Waals surface area contributed by atoms with Gasteiger partial charge in [-0.25, -0.2) is 0 Å². The molecule has 1 aromatic rings. The average Bonchev–Trinajstić information content (AvgIpc) is 2.58. The Morgan fingerprint density at radius 2 is 1.60 bits per heavy atom. The van der Waals surface area contributed by atoms with Gasteiger partial charge < -0.3 is 10.2 Å². The van der Waals surface area contributed by atoms with E-state index in [0.717, 1.165) is 37.7 Å². The molecule has 0 radical (unpaired) electrons. The molecular weight excluding hydrogens is 316 g/mol. The Labute approximate surface area is 151 Å². The molecule has 0 spiro atoms. The summed E-state index contributed by atoms with van der Waals surface area (Å²) in [7, 11) is 0. The number of carbonyl (C=O) groups is 2. The average molecular weight is 348 g/mol. The van der Waals surface area contributed by atoms with Crippen molar-refractivity contribution in [2.45, 2.75) is 71.6 Å². The second-order valence-electron chi connectivity index (χ2n) is 6.97. The van der Waals surface area contributed by atoms with Crippen LogP contribution in [0.25, 0.3) is 0 Å². The van der Waals surface area contributed by atoms with Crippen molar-refractivity contribution < 1.29 is 19.8 Å². The molecule has 0 aliphatic heterocycles. The van der Waals surface area contributed by atoms with E-state index in [9.17, 15) is 19.8 Å². The van der Waals surface area contributed by atoms with Gasteiger partial charge in [0.15, 0.2) is 0 Å². The minimum absolute atomic E-state index is 0.267. The molecule has 2 unspecified atom stereocenters. The first-order valence-electron chi connectivity index (χ1n) is 9.48. The molecule has 1 rings (SSSR count). The highest BCUT2D eigenvalue weighted by molar-refractivity contribution is 5.83. The molecule has 0 aliphatic rings. The lowest BCUT2D eigenvalue weighted by Crippen LogP contribution is -2.44. The van der Waals surface area contributed by atoms with Gasteiger partial charge in [0, 0.05) is 0 Å². The Bertz CT molecular complexity index is 526. The van der Waals surface area contributed by atoms with Crippen LogP contribution in [-0.4, -0.2) is 22.2 Å². The van der Waals surface area contributed by atoms with E-state index in [1.807, 2.05) is 37.3 Å². The summed E-state index contributed by atoms with van der Waals surface area (Å²) in [5.74, 6) is -2.83. The van der Waals surface area contributed by atoms with Crippen LogP contribution in [-0.2, 0) is 16.0 Å². The Morgan fingerprint density at radius 1 is 0.960 bits per heavy atom. The lowest BCUT2D eigenvalue weighted by molar-refractivity contribution is -0.164. The molecule has 4 heteroatoms. The van der Waals surface area contributed by atoms with Gasteiger partial charge >= 0.3 is 11.9 Å². The van der Waals surface area contributed by atoms with Crippen molar-refractivity contribution in [2.75, 3.05) is 0 Å². The van der Waals surface area contributed by atoms with E-state index < -0.39 is 23.3 Å². The highest BCUT2D eigenvalue weighted by atomic mass is 16.4. The van der Waals surface area contributed by atoms with Gasteiger partial charge in [-0.2, -0.15) is 0 Å². The number of carboxylic acids is 2. The first-order valence-corrected chi connectivity index (χ1v) is 9.48. The van der Waals surface area contributed by atoms with Crippen LogP contribution in [0.5, 0.6) is 0 Å². The molecule has 0 saturated heterocycles. The fraction of sp³-hybridized carbons (Fsp3) is 0.619. The second kappa shape index (κ2) is 10.9. The van der Waals surface area contributed by atoms with Crippen molar-refractivity contribution in [1.29, 1.82) is 0 Å². The minimum Gasteiger partial charge on any atom is -0.481 e. The number of aliphatic carboxylic acids is 2. The summed E-state index contributed by atoms with van der Waals surface area (Å²) in [5, 5.41) is 19.8. The maximum absolute atomic E-state index is 12.2. The van der Waals surface area contributed by atoms with E-state index in [0.29, 0.717) is 19.3 Å². The normalized spacial score (nSPS) is 14.6. The van der Waals surface area contributed by atoms with Gasteiger partial charge in [0.05, 0.1) is 11.3 Å². The van der Waals surface area contributed by atoms with Crippen LogP contribution >= 0.6 is 0 Å². The SMILES string of the molecule is CCCCCCCC(C(=O)O)C(CCC)(Cc1ccccc1)C(=O)O. The van der Waals surface area contributed by atoms with Gasteiger partial charge in [-0.15, -0.1) is 0 Å². The molecule has 0 bridgehead atoms. The molecule has 2 N–H and O–H groups in total. The van der Waals surface area contributed by atoms with E-state index in [-0.39, 0.29) is 6.42 Å². The van der Waals surface area contributed by atoms with Crippen molar-refractivity contribution in [3.05, 3.63) is 35.9 Å². The van der Waals surface area contributed by atoms with Crippen LogP contribution in [0.1, 0.15) is 70.8 Å². The Kier molecular flexibility index (Phi) is 9.25. The van der Waals surface area contributed by atoms with Crippen LogP contribution in [0.2, 0.25) is 0 Å². The number of unbranched alkanes of at least 4 members (excludes halogenated alkanes) is 4. The summed E-state index contributed by atoms with van der Waals surface area (Å²) in [6, 6.07) is 9.39. The molecule has 0 fully saturated rings. The van der Waals surface area contributed by atoms with E-state index in [4.69, 9.17) is 0 Å². The number of carboxylic acid groups (broad SMARTS) is 2. The van der Waals surface area contributed by atoms with Crippen molar-refractivity contribution in [3.63, 3.8) is 0 Å². The maximum Gasteiger partial charge on any atom is 0.310 e. The van der Waals surface area contributed by atoms with Crippen molar-refractivity contribution in [3.8, 4) is 0 Å². The zero-order chi connectivity index (χ0) is 18.7. The molecule has 0 amide bonds. The topological polar surface area (TPSA) is 74.6 Å². The molecule has 1 aromatic carbocycles. The Morgan fingerprint density at radius 3 is 2.12 bits per heavy atom. The third-order valence-corrected chi connectivity index (χ3v) is 5.05. The molecule has 0 saturated carbocycles. The van der Waals surface area contributed by atoms with Crippen LogP contribution in [0.4, 0.5) is 0 Å². The summed E-state index contributed by atoms with van der Waals surface area (Å²) >= 11 is 0. The van der Waals surface area contributed by atoms with Crippen molar-refractivity contribution in [1.82, 2.24) is 0 Å². The van der Waals surface area contributed by atoms with Gasteiger partial charge in [-0.3, -0.25) is 9.59 Å². The molecule has 2 atom stereocenters. The first-order chi connectivity index (χ1) is 12.0. The van der Waals surface area contributed by atoms with Gasteiger partial charge in [-0.05, 0) is 24.8 Å². The fourth-order valence-electron chi connectivity index (χ4n) is 3.71. The van der Waals surface area contributed by atoms with E-state index >= 15 is 0 Å². The Hall–Kier alpha value is -1.84. The number of hydrogen-bond donors (Lipinski definition) is 2. The van der Waals surface area contributed by atoms with Crippen molar-refractivity contribution in [2.24, 2.45) is 11.3 Å². The molecule has 0 aromatic heterocycles. The largest absolute Gasteiger partial charge is 0.481 e. The highest BCUT2D eigenvalue weighted by Gasteiger charge is 2.48. The fourth-order valence-corrected chi connectivity index (χ4v) is 3.71. The standard InChI is InChI=1S/C21H32O4/c1-3-5-6-7-11-14-18(19(22)23)21(15-4-2,20(24)25)16-17-12-9-8-10-13-17/h8-10,12-13,18H,3-7,11,14-16H2,1-2H3,(H,22,23)(H,24,25). The summed E-state index contributed by atoms with van der Waals surface area (Å²) in [5.41, 5.74) is -0.359. The highest BCUT2D eigenvalue weighted by Crippen LogP contribution is 2.40. The van der Waals surface area contributed by atoms with Gasteiger partial charge in [-0.1, -0.05) is 82.7 Å². The Balaban J connectivity index is 3.03. The summed E-state index contributed by atoms with van der Waals surface area (Å²) in [6.07, 6.45) is 6.81. The lowest BCUT2D eigenvalue weighted by atomic mass is 9.66. The quantitative estimate of drug-likeness (QED) is 0.483. The van der Waals surface area contributed by atoms with Gasteiger partial charge in [0.1, 0.15) is 0 Å². The van der Waals surface area contributed by atoms with Crippen LogP contribution in [0.3, 0.4) is 0 Å². The predicted molar refractivity (Wildman–Crippen MR) is 99.6 cm³/mol. The summed E-state index contributed by atoms with van der Waals surface area (Å²) < 4.78 is 0. The summed E-state index contributed by atoms with van der Waals surface area (Å²) in [4.78, 5) is 24.2. The van der Waals surface area contributed by atoms with Crippen LogP contribution in [0.15, 0.2) is 30.3 Å². The monoisotopic (exact) mass is 348 g/mol. The van der Waals surface area contributed by atoms with Gasteiger partial charge in [0.2, 0.25) is 0 Å². The first kappa shape index (κ1) is 21.2. The molecule has 140 valence electrons. The van der Waals surface area contributed by atoms with E-state index in [1.165, 1.54) is 0 Å². The third-order valence-electron chi connectivity index (χ3n) is 5.05. The molecule has 25 heavy (non-hydrogen) atoms. The third kappa shape index (κ3) is 6.18. The molecule has 4 nitrogen and oxygen atoms in total. The number of hydrogen-bond acceptors (Lipinski definition) is 2. The number of rotatable bonds is 13. The zero-order valence-corrected chi connectivity index (χ0v) is 15.5. The van der Waals surface area contributed by atoms with Crippen LogP contribution < -0.4 is 0 Å². The van der Waals surface area contributed by atoms with Gasteiger partial charge in [0.25, 0.3) is 0 Å². The van der Waals surface area contributed by atoms with E-state index in [2.05, 4.69) is 6.92 Å². The molecular formula is C21H32O4. The lowest BCUT2D eigenvalue weighted by Gasteiger charge is -2.35. The minimum atomic E-state index is -1.24.